The van der Waals surface area contributed by atoms with E-state index in [9.17, 15) is 18.0 Å². The van der Waals surface area contributed by atoms with Crippen molar-refractivity contribution < 1.29 is 27.4 Å². The van der Waals surface area contributed by atoms with Crippen LogP contribution < -0.4 is 0 Å². The highest BCUT2D eigenvalue weighted by Gasteiger charge is 2.64. The Morgan fingerprint density at radius 1 is 1.12 bits per heavy atom. The van der Waals surface area contributed by atoms with Crippen LogP contribution in [0.25, 0.3) is 11.3 Å². The standard InChI is InChI=1S/C23H22F3N3O3/c1-31-22(23(24,25)26,17-10-6-3-7-11-17)21(30)29-12-13-32-15-19(29)20-27-14-18(28-20)16-8-4-2-5-9-16/h2-11,14,19H,12-13,15H2,1H3,(H,27,28)/t19-,22+/m0/s1. The van der Waals surface area contributed by atoms with Crippen LogP contribution in [0.2, 0.25) is 0 Å². The van der Waals surface area contributed by atoms with E-state index >= 15 is 0 Å². The predicted molar refractivity (Wildman–Crippen MR) is 110 cm³/mol. The van der Waals surface area contributed by atoms with Gasteiger partial charge in [-0.2, -0.15) is 13.2 Å². The summed E-state index contributed by atoms with van der Waals surface area (Å²) in [5, 5.41) is 0. The van der Waals surface area contributed by atoms with Crippen molar-refractivity contribution in [2.45, 2.75) is 17.8 Å². The number of aromatic nitrogens is 2. The lowest BCUT2D eigenvalue weighted by Crippen LogP contribution is -2.59. The number of ether oxygens (including phenoxy) is 2. The van der Waals surface area contributed by atoms with Crippen molar-refractivity contribution in [3.05, 3.63) is 78.2 Å². The summed E-state index contributed by atoms with van der Waals surface area (Å²) in [6, 6.07) is 15.5. The number of nitrogens with zero attached hydrogens (tertiary/aromatic N) is 2. The van der Waals surface area contributed by atoms with Crippen LogP contribution in [0.15, 0.2) is 66.9 Å². The monoisotopic (exact) mass is 445 g/mol. The van der Waals surface area contributed by atoms with E-state index in [2.05, 4.69) is 9.97 Å². The second kappa shape index (κ2) is 8.76. The fraction of sp³-hybridized carbons (Fsp3) is 0.304. The molecule has 2 heterocycles. The van der Waals surface area contributed by atoms with Gasteiger partial charge in [0.2, 0.25) is 0 Å². The molecule has 1 saturated heterocycles. The van der Waals surface area contributed by atoms with Gasteiger partial charge in [0.1, 0.15) is 11.9 Å². The topological polar surface area (TPSA) is 67.4 Å². The first-order chi connectivity index (χ1) is 15.4. The molecule has 3 aromatic rings. The maximum atomic E-state index is 14.4. The number of carbonyl (C=O) groups excluding carboxylic acids is 1. The molecule has 6 nitrogen and oxygen atoms in total. The van der Waals surface area contributed by atoms with Crippen LogP contribution in [0.1, 0.15) is 17.4 Å². The molecule has 0 radical (unpaired) electrons. The smallest absolute Gasteiger partial charge is 0.377 e. The molecule has 0 spiro atoms. The molecule has 0 bridgehead atoms. The number of alkyl halides is 3. The van der Waals surface area contributed by atoms with Crippen molar-refractivity contribution in [2.75, 3.05) is 26.9 Å². The summed E-state index contributed by atoms with van der Waals surface area (Å²) in [7, 11) is 0.897. The molecule has 2 aromatic carbocycles. The van der Waals surface area contributed by atoms with Crippen LogP contribution in [0.5, 0.6) is 0 Å². The predicted octanol–water partition coefficient (Wildman–Crippen LogP) is 4.08. The Bertz CT molecular complexity index is 1060. The second-order valence-corrected chi connectivity index (χ2v) is 7.39. The van der Waals surface area contributed by atoms with Gasteiger partial charge in [-0.25, -0.2) is 4.98 Å². The van der Waals surface area contributed by atoms with Gasteiger partial charge in [0.15, 0.2) is 0 Å². The molecular weight excluding hydrogens is 423 g/mol. The van der Waals surface area contributed by atoms with Crippen LogP contribution in [-0.4, -0.2) is 53.8 Å². The number of aromatic amines is 1. The normalized spacial score (nSPS) is 18.9. The molecule has 9 heteroatoms. The maximum absolute atomic E-state index is 14.4. The molecular formula is C23H22F3N3O3. The summed E-state index contributed by atoms with van der Waals surface area (Å²) in [6.45, 7) is 0.0970. The third-order valence-electron chi connectivity index (χ3n) is 5.57. The lowest BCUT2D eigenvalue weighted by atomic mass is 9.90. The molecule has 0 aliphatic carbocycles. The van der Waals surface area contributed by atoms with E-state index < -0.39 is 23.7 Å². The van der Waals surface area contributed by atoms with Gasteiger partial charge in [-0.05, 0) is 5.56 Å². The Morgan fingerprint density at radius 3 is 2.41 bits per heavy atom. The number of methoxy groups -OCH3 is 1. The SMILES string of the molecule is CO[C@@](C(=O)N1CCOC[C@H]1c1ncc(-c2ccccc2)[nH]1)(c1ccccc1)C(F)(F)F. The molecule has 32 heavy (non-hydrogen) atoms. The molecule has 168 valence electrons. The third-order valence-corrected chi connectivity index (χ3v) is 5.57. The first kappa shape index (κ1) is 22.0. The Kier molecular flexibility index (Phi) is 6.03. The first-order valence-corrected chi connectivity index (χ1v) is 10.0. The number of amides is 1. The summed E-state index contributed by atoms with van der Waals surface area (Å²) >= 11 is 0. The average Bonchev–Trinajstić information content (AvgIpc) is 3.30. The molecule has 1 N–H and O–H groups in total. The minimum atomic E-state index is -4.98. The van der Waals surface area contributed by atoms with E-state index in [1.54, 1.807) is 12.3 Å². The molecule has 1 amide bonds. The zero-order valence-corrected chi connectivity index (χ0v) is 17.3. The van der Waals surface area contributed by atoms with Crippen LogP contribution >= 0.6 is 0 Å². The van der Waals surface area contributed by atoms with E-state index in [1.807, 2.05) is 30.3 Å². The quantitative estimate of drug-likeness (QED) is 0.643. The van der Waals surface area contributed by atoms with Crippen molar-refractivity contribution in [3.63, 3.8) is 0 Å². The van der Waals surface area contributed by atoms with Gasteiger partial charge in [0, 0.05) is 19.2 Å². The molecule has 1 aromatic heterocycles. The summed E-state index contributed by atoms with van der Waals surface area (Å²) in [5.74, 6) is -0.859. The number of hydrogen-bond acceptors (Lipinski definition) is 4. The highest BCUT2D eigenvalue weighted by molar-refractivity contribution is 5.88. The summed E-state index contributed by atoms with van der Waals surface area (Å²) in [4.78, 5) is 22.1. The molecule has 1 fully saturated rings. The van der Waals surface area contributed by atoms with Gasteiger partial charge in [-0.15, -0.1) is 0 Å². The number of nitrogens with one attached hydrogen (secondary N) is 1. The van der Waals surface area contributed by atoms with Crippen LogP contribution in [0.4, 0.5) is 13.2 Å². The zero-order chi connectivity index (χ0) is 22.8. The van der Waals surface area contributed by atoms with Gasteiger partial charge in [0.25, 0.3) is 11.5 Å². The lowest BCUT2D eigenvalue weighted by Gasteiger charge is -2.42. The minimum Gasteiger partial charge on any atom is -0.377 e. The maximum Gasteiger partial charge on any atom is 0.430 e. The Hall–Kier alpha value is -3.17. The van der Waals surface area contributed by atoms with Gasteiger partial charge in [0.05, 0.1) is 25.1 Å². The molecule has 4 rings (SSSR count). The van der Waals surface area contributed by atoms with Gasteiger partial charge in [-0.3, -0.25) is 4.79 Å². The molecule has 1 aliphatic rings. The fourth-order valence-electron chi connectivity index (χ4n) is 3.95. The average molecular weight is 445 g/mol. The van der Waals surface area contributed by atoms with Crippen molar-refractivity contribution in [3.8, 4) is 11.3 Å². The molecule has 0 saturated carbocycles. The van der Waals surface area contributed by atoms with E-state index in [1.165, 1.54) is 24.3 Å². The van der Waals surface area contributed by atoms with Crippen LogP contribution in [-0.2, 0) is 19.9 Å². The number of benzene rings is 2. The number of imidazole rings is 1. The van der Waals surface area contributed by atoms with Crippen LogP contribution in [0.3, 0.4) is 0 Å². The third kappa shape index (κ3) is 3.78. The second-order valence-electron chi connectivity index (χ2n) is 7.39. The van der Waals surface area contributed by atoms with Crippen molar-refractivity contribution in [1.29, 1.82) is 0 Å². The van der Waals surface area contributed by atoms with Crippen LogP contribution in [0, 0.1) is 0 Å². The number of halogens is 3. The fourth-order valence-corrected chi connectivity index (χ4v) is 3.95. The molecule has 1 aliphatic heterocycles. The highest BCUT2D eigenvalue weighted by Crippen LogP contribution is 2.44. The van der Waals surface area contributed by atoms with Gasteiger partial charge in [-0.1, -0.05) is 60.7 Å². The number of carbonyl (C=O) groups is 1. The minimum absolute atomic E-state index is 0.0138. The Balaban J connectivity index is 1.73. The van der Waals surface area contributed by atoms with Crippen molar-refractivity contribution in [1.82, 2.24) is 14.9 Å². The highest BCUT2D eigenvalue weighted by atomic mass is 19.4. The van der Waals surface area contributed by atoms with E-state index in [0.29, 0.717) is 11.5 Å². The molecule has 2 atom stereocenters. The largest absolute Gasteiger partial charge is 0.430 e. The number of hydrogen-bond donors (Lipinski definition) is 1. The Morgan fingerprint density at radius 2 is 1.78 bits per heavy atom. The van der Waals surface area contributed by atoms with Crippen molar-refractivity contribution >= 4 is 5.91 Å². The van der Waals surface area contributed by atoms with E-state index in [0.717, 1.165) is 17.6 Å². The number of rotatable bonds is 5. The first-order valence-electron chi connectivity index (χ1n) is 10.0. The van der Waals surface area contributed by atoms with Crippen molar-refractivity contribution in [2.24, 2.45) is 0 Å². The Labute approximate surface area is 183 Å². The van der Waals surface area contributed by atoms with E-state index in [-0.39, 0.29) is 25.3 Å². The van der Waals surface area contributed by atoms with Gasteiger partial charge < -0.3 is 19.4 Å². The van der Waals surface area contributed by atoms with E-state index in [4.69, 9.17) is 9.47 Å². The number of H-pyrrole nitrogens is 1. The molecule has 0 unspecified atom stereocenters. The van der Waals surface area contributed by atoms with Gasteiger partial charge >= 0.3 is 6.18 Å². The summed E-state index contributed by atoms with van der Waals surface area (Å²) in [5.41, 5.74) is -1.87. The lowest BCUT2D eigenvalue weighted by molar-refractivity contribution is -0.272. The number of morpholine rings is 1. The summed E-state index contributed by atoms with van der Waals surface area (Å²) < 4.78 is 53.7. The summed E-state index contributed by atoms with van der Waals surface area (Å²) in [6.07, 6.45) is -3.39. The zero-order valence-electron chi connectivity index (χ0n) is 17.3.